The van der Waals surface area contributed by atoms with Crippen molar-refractivity contribution in [3.05, 3.63) is 35.2 Å². The molecule has 12 heteroatoms. The fourth-order valence-corrected chi connectivity index (χ4v) is 3.45. The van der Waals surface area contributed by atoms with Gasteiger partial charge >= 0.3 is 6.36 Å². The Morgan fingerprint density at radius 3 is 2.64 bits per heavy atom. The normalized spacial score (nSPS) is 17.0. The number of rotatable bonds is 8. The van der Waals surface area contributed by atoms with Crippen molar-refractivity contribution in [2.75, 3.05) is 56.9 Å². The number of hydrogen-bond acceptors (Lipinski definition) is 8. The maximum atomic E-state index is 12.6. The molecule has 1 aliphatic heterocycles. The Labute approximate surface area is 189 Å². The SMILES string of the molecule is CN1CCN(C(=O)CCNc2nc(NCC3=CCCC=C3OC(F)(F)F)ncc2C#N)CC1. The number of carbonyl (C=O) groups excluding carboxylic acids is 1. The van der Waals surface area contributed by atoms with E-state index in [0.29, 0.717) is 31.5 Å². The molecule has 1 aliphatic carbocycles. The van der Waals surface area contributed by atoms with Crippen LogP contribution < -0.4 is 10.6 Å². The summed E-state index contributed by atoms with van der Waals surface area (Å²) in [7, 11) is 2.01. The fraction of sp³-hybridized carbons (Fsp3) is 0.524. The Morgan fingerprint density at radius 2 is 1.94 bits per heavy atom. The summed E-state index contributed by atoms with van der Waals surface area (Å²) >= 11 is 0. The van der Waals surface area contributed by atoms with Gasteiger partial charge in [-0.25, -0.2) is 4.98 Å². The maximum Gasteiger partial charge on any atom is 0.573 e. The Balaban J connectivity index is 1.56. The van der Waals surface area contributed by atoms with Gasteiger partial charge in [0, 0.05) is 51.3 Å². The molecule has 0 saturated carbocycles. The van der Waals surface area contributed by atoms with E-state index in [1.807, 2.05) is 18.0 Å². The number of ether oxygens (including phenoxy) is 1. The number of allylic oxidation sites excluding steroid dienone is 2. The number of nitrogens with one attached hydrogen (secondary N) is 2. The van der Waals surface area contributed by atoms with Gasteiger partial charge in [0.05, 0.1) is 6.20 Å². The van der Waals surface area contributed by atoms with E-state index in [2.05, 4.69) is 30.2 Å². The van der Waals surface area contributed by atoms with Crippen LogP contribution in [0, 0.1) is 11.3 Å². The van der Waals surface area contributed by atoms with Gasteiger partial charge in [-0.3, -0.25) is 4.79 Å². The minimum atomic E-state index is -4.77. The Morgan fingerprint density at radius 1 is 1.21 bits per heavy atom. The smallest absolute Gasteiger partial charge is 0.406 e. The lowest BCUT2D eigenvalue weighted by atomic mass is 10.1. The number of amides is 1. The van der Waals surface area contributed by atoms with Gasteiger partial charge in [0.2, 0.25) is 11.9 Å². The second-order valence-electron chi connectivity index (χ2n) is 7.70. The second-order valence-corrected chi connectivity index (χ2v) is 7.70. The minimum Gasteiger partial charge on any atom is -0.406 e. The summed E-state index contributed by atoms with van der Waals surface area (Å²) in [6, 6.07) is 1.99. The fourth-order valence-electron chi connectivity index (χ4n) is 3.45. The molecule has 1 amide bonds. The van der Waals surface area contributed by atoms with Crippen molar-refractivity contribution < 1.29 is 22.7 Å². The highest BCUT2D eigenvalue weighted by atomic mass is 19.4. The van der Waals surface area contributed by atoms with Crippen molar-refractivity contribution in [3.63, 3.8) is 0 Å². The molecule has 1 saturated heterocycles. The van der Waals surface area contributed by atoms with Crippen LogP contribution in [0.4, 0.5) is 24.9 Å². The third-order valence-electron chi connectivity index (χ3n) is 5.26. The number of nitriles is 1. The first-order valence-corrected chi connectivity index (χ1v) is 10.6. The lowest BCUT2D eigenvalue weighted by Crippen LogP contribution is -2.47. The number of carbonyl (C=O) groups is 1. The van der Waals surface area contributed by atoms with Crippen LogP contribution in [0.5, 0.6) is 0 Å². The number of hydrogen-bond donors (Lipinski definition) is 2. The van der Waals surface area contributed by atoms with E-state index in [9.17, 15) is 23.2 Å². The Hall–Kier alpha value is -3.33. The molecule has 2 heterocycles. The molecule has 0 unspecified atom stereocenters. The largest absolute Gasteiger partial charge is 0.573 e. The predicted molar refractivity (Wildman–Crippen MR) is 115 cm³/mol. The molecule has 2 N–H and O–H groups in total. The first kappa shape index (κ1) is 24.3. The molecule has 0 spiro atoms. The topological polar surface area (TPSA) is 106 Å². The lowest BCUT2D eigenvalue weighted by molar-refractivity contribution is -0.304. The van der Waals surface area contributed by atoms with E-state index >= 15 is 0 Å². The Bertz CT molecular complexity index is 948. The van der Waals surface area contributed by atoms with Gasteiger partial charge in [-0.05, 0) is 26.0 Å². The molecule has 1 fully saturated rings. The zero-order chi connectivity index (χ0) is 23.8. The lowest BCUT2D eigenvalue weighted by Gasteiger charge is -2.32. The van der Waals surface area contributed by atoms with E-state index in [-0.39, 0.29) is 48.5 Å². The van der Waals surface area contributed by atoms with Crippen molar-refractivity contribution in [2.24, 2.45) is 0 Å². The van der Waals surface area contributed by atoms with E-state index in [1.54, 1.807) is 6.08 Å². The van der Waals surface area contributed by atoms with Gasteiger partial charge in [0.25, 0.3) is 0 Å². The van der Waals surface area contributed by atoms with Gasteiger partial charge in [-0.1, -0.05) is 6.08 Å². The molecule has 9 nitrogen and oxygen atoms in total. The third-order valence-corrected chi connectivity index (χ3v) is 5.26. The van der Waals surface area contributed by atoms with Gasteiger partial charge in [-0.15, -0.1) is 13.2 Å². The van der Waals surface area contributed by atoms with Crippen molar-refractivity contribution in [1.82, 2.24) is 19.8 Å². The summed E-state index contributed by atoms with van der Waals surface area (Å²) in [6.07, 6.45) is 0.920. The molecule has 0 bridgehead atoms. The highest BCUT2D eigenvalue weighted by molar-refractivity contribution is 5.77. The highest BCUT2D eigenvalue weighted by Gasteiger charge is 2.33. The molecule has 2 aliphatic rings. The van der Waals surface area contributed by atoms with Crippen LogP contribution in [0.15, 0.2) is 29.7 Å². The number of nitrogens with zero attached hydrogens (tertiary/aromatic N) is 5. The first-order chi connectivity index (χ1) is 15.7. The number of aromatic nitrogens is 2. The minimum absolute atomic E-state index is 0.0229. The summed E-state index contributed by atoms with van der Waals surface area (Å²) in [4.78, 5) is 24.6. The summed E-state index contributed by atoms with van der Waals surface area (Å²) in [5, 5.41) is 15.2. The molecule has 1 aromatic rings. The van der Waals surface area contributed by atoms with E-state index < -0.39 is 6.36 Å². The zero-order valence-corrected chi connectivity index (χ0v) is 18.3. The second kappa shape index (κ2) is 11.0. The zero-order valence-electron chi connectivity index (χ0n) is 18.3. The van der Waals surface area contributed by atoms with E-state index in [0.717, 1.165) is 13.1 Å². The number of halogens is 3. The molecular weight excluding hydrogens is 439 g/mol. The number of piperazine rings is 1. The maximum absolute atomic E-state index is 12.6. The van der Waals surface area contributed by atoms with Crippen LogP contribution in [-0.4, -0.2) is 78.4 Å². The molecule has 0 atom stereocenters. The number of likely N-dealkylation sites (N-methyl/N-ethyl adjacent to an activating group) is 1. The van der Waals surface area contributed by atoms with Gasteiger partial charge in [0.1, 0.15) is 23.2 Å². The molecule has 3 rings (SSSR count). The molecule has 0 aromatic carbocycles. The summed E-state index contributed by atoms with van der Waals surface area (Å²) < 4.78 is 42.0. The predicted octanol–water partition coefficient (Wildman–Crippen LogP) is 2.48. The summed E-state index contributed by atoms with van der Waals surface area (Å²) in [5.74, 6) is 0.172. The van der Waals surface area contributed by atoms with Crippen LogP contribution >= 0.6 is 0 Å². The van der Waals surface area contributed by atoms with Crippen LogP contribution in [-0.2, 0) is 9.53 Å². The molecular formula is C21H26F3N7O2. The number of anilines is 2. The standard InChI is InChI=1S/C21H26F3N7O2/c1-30-8-10-31(11-9-30)18(32)6-7-26-19-16(12-25)14-28-20(29-19)27-13-15-4-2-3-5-17(15)33-21(22,23)24/h4-5,14H,2-3,6-11,13H2,1H3,(H2,26,27,28,29). The van der Waals surface area contributed by atoms with Crippen LogP contribution in [0.3, 0.4) is 0 Å². The van der Waals surface area contributed by atoms with Gasteiger partial charge < -0.3 is 25.2 Å². The van der Waals surface area contributed by atoms with Crippen LogP contribution in [0.25, 0.3) is 0 Å². The molecule has 1 aromatic heterocycles. The quantitative estimate of drug-likeness (QED) is 0.603. The molecule has 178 valence electrons. The van der Waals surface area contributed by atoms with Crippen molar-refractivity contribution >= 4 is 17.7 Å². The summed E-state index contributed by atoms with van der Waals surface area (Å²) in [5.41, 5.74) is 0.546. The average molecular weight is 465 g/mol. The Kier molecular flexibility index (Phi) is 8.11. The van der Waals surface area contributed by atoms with Gasteiger partial charge in [0.15, 0.2) is 0 Å². The first-order valence-electron chi connectivity index (χ1n) is 10.6. The van der Waals surface area contributed by atoms with Gasteiger partial charge in [-0.2, -0.15) is 10.2 Å². The number of alkyl halides is 3. The van der Waals surface area contributed by atoms with Crippen LogP contribution in [0.1, 0.15) is 24.8 Å². The van der Waals surface area contributed by atoms with Crippen molar-refractivity contribution in [1.29, 1.82) is 5.26 Å². The molecule has 0 radical (unpaired) electrons. The summed E-state index contributed by atoms with van der Waals surface area (Å²) in [6.45, 7) is 3.35. The van der Waals surface area contributed by atoms with Crippen molar-refractivity contribution in [3.8, 4) is 6.07 Å². The van der Waals surface area contributed by atoms with E-state index in [1.165, 1.54) is 12.3 Å². The third kappa shape index (κ3) is 7.35. The molecule has 33 heavy (non-hydrogen) atoms. The van der Waals surface area contributed by atoms with Crippen molar-refractivity contribution in [2.45, 2.75) is 25.6 Å². The average Bonchev–Trinajstić information content (AvgIpc) is 2.78. The van der Waals surface area contributed by atoms with Crippen LogP contribution in [0.2, 0.25) is 0 Å². The van der Waals surface area contributed by atoms with E-state index in [4.69, 9.17) is 0 Å². The highest BCUT2D eigenvalue weighted by Crippen LogP contribution is 2.28. The monoisotopic (exact) mass is 465 g/mol.